The van der Waals surface area contributed by atoms with Crippen molar-refractivity contribution in [3.63, 3.8) is 0 Å². The molecule has 0 aromatic heterocycles. The third-order valence-electron chi connectivity index (χ3n) is 4.15. The highest BCUT2D eigenvalue weighted by molar-refractivity contribution is 5.88. The van der Waals surface area contributed by atoms with E-state index in [0.29, 0.717) is 0 Å². The molecule has 14 heteroatoms. The van der Waals surface area contributed by atoms with Crippen LogP contribution in [0.1, 0.15) is 0 Å². The first kappa shape index (κ1) is 27.7. The van der Waals surface area contributed by atoms with Gasteiger partial charge >= 0.3 is 11.9 Å². The van der Waals surface area contributed by atoms with Gasteiger partial charge in [-0.15, -0.1) is 0 Å². The fourth-order valence-corrected chi connectivity index (χ4v) is 2.60. The second-order valence-electron chi connectivity index (χ2n) is 6.30. The lowest BCUT2D eigenvalue weighted by molar-refractivity contribution is -0.175. The highest BCUT2D eigenvalue weighted by Crippen LogP contribution is 2.09. The van der Waals surface area contributed by atoms with Gasteiger partial charge in [0, 0.05) is 14.1 Å². The van der Waals surface area contributed by atoms with Gasteiger partial charge in [-0.05, 0) is 0 Å². The fourth-order valence-electron chi connectivity index (χ4n) is 2.60. The summed E-state index contributed by atoms with van der Waals surface area (Å²) in [4.78, 5) is 47.2. The summed E-state index contributed by atoms with van der Waals surface area (Å²) in [6.45, 7) is -0.838. The predicted molar refractivity (Wildman–Crippen MR) is 104 cm³/mol. The maximum Gasteiger partial charge on any atom is 0.336 e. The van der Waals surface area contributed by atoms with Gasteiger partial charge < -0.3 is 49.3 Å². The summed E-state index contributed by atoms with van der Waals surface area (Å²) in [6, 6.07) is 0. The van der Waals surface area contributed by atoms with Crippen LogP contribution in [-0.2, 0) is 47.6 Å². The Hall–Kier alpha value is -2.36. The first-order valence-electron chi connectivity index (χ1n) is 9.84. The summed E-state index contributed by atoms with van der Waals surface area (Å²) in [5, 5.41) is 23.4. The highest BCUT2D eigenvalue weighted by Gasteiger charge is 2.36. The predicted octanol–water partition coefficient (Wildman–Crippen LogP) is -2.76. The molecule has 0 aliphatic carbocycles. The number of aliphatic carboxylic acids is 2. The van der Waals surface area contributed by atoms with E-state index in [1.54, 1.807) is 0 Å². The lowest BCUT2D eigenvalue weighted by Gasteiger charge is -2.24. The standard InChI is InChI=1S/C18H30N2O12/c1-19-15(21)11-13(17(23)24)31-9-5-28-4-8-30-12(16(22)20-2)14(18(25)26)32-10-6-27-3-7-29-11/h11-14H,3-10H2,1-2H3,(H,19,21)(H,20,22)(H,23,24)(H,25,26)/t11-,12-,13-,14-/m1/s1. The number of carbonyl (C=O) groups excluding carboxylic acids is 2. The normalized spacial score (nSPS) is 27.3. The van der Waals surface area contributed by atoms with Crippen LogP contribution in [0, 0.1) is 0 Å². The van der Waals surface area contributed by atoms with Crippen molar-refractivity contribution in [1.82, 2.24) is 10.6 Å². The van der Waals surface area contributed by atoms with Crippen LogP contribution in [0.5, 0.6) is 0 Å². The van der Waals surface area contributed by atoms with E-state index in [4.69, 9.17) is 28.4 Å². The van der Waals surface area contributed by atoms with Crippen molar-refractivity contribution in [2.45, 2.75) is 24.4 Å². The molecule has 32 heavy (non-hydrogen) atoms. The smallest absolute Gasteiger partial charge is 0.336 e. The second kappa shape index (κ2) is 15.4. The van der Waals surface area contributed by atoms with Crippen LogP contribution in [0.25, 0.3) is 0 Å². The molecule has 0 bridgehead atoms. The number of carboxylic acid groups (broad SMARTS) is 2. The molecule has 0 unspecified atom stereocenters. The maximum atomic E-state index is 12.0. The molecule has 4 atom stereocenters. The molecule has 0 spiro atoms. The van der Waals surface area contributed by atoms with Gasteiger partial charge in [-0.1, -0.05) is 0 Å². The Morgan fingerprint density at radius 3 is 1.09 bits per heavy atom. The van der Waals surface area contributed by atoms with Gasteiger partial charge in [-0.3, -0.25) is 9.59 Å². The van der Waals surface area contributed by atoms with Gasteiger partial charge in [0.05, 0.1) is 52.9 Å². The Balaban J connectivity index is 2.83. The molecular weight excluding hydrogens is 436 g/mol. The number of amides is 2. The van der Waals surface area contributed by atoms with Crippen molar-refractivity contribution in [2.24, 2.45) is 0 Å². The highest BCUT2D eigenvalue weighted by atomic mass is 16.6. The molecule has 4 N–H and O–H groups in total. The van der Waals surface area contributed by atoms with Gasteiger partial charge in [0.15, 0.2) is 24.4 Å². The van der Waals surface area contributed by atoms with Crippen LogP contribution in [0.15, 0.2) is 0 Å². The van der Waals surface area contributed by atoms with Crippen LogP contribution in [0.4, 0.5) is 0 Å². The Morgan fingerprint density at radius 2 is 0.844 bits per heavy atom. The molecule has 1 rings (SSSR count). The molecule has 0 aromatic carbocycles. The monoisotopic (exact) mass is 466 g/mol. The zero-order chi connectivity index (χ0) is 23.9. The lowest BCUT2D eigenvalue weighted by Crippen LogP contribution is -2.49. The van der Waals surface area contributed by atoms with E-state index in [2.05, 4.69) is 10.6 Å². The molecule has 0 radical (unpaired) electrons. The summed E-state index contributed by atoms with van der Waals surface area (Å²) < 4.78 is 31.7. The summed E-state index contributed by atoms with van der Waals surface area (Å²) >= 11 is 0. The second-order valence-corrected chi connectivity index (χ2v) is 6.30. The Morgan fingerprint density at radius 1 is 0.562 bits per heavy atom. The van der Waals surface area contributed by atoms with Crippen molar-refractivity contribution < 1.29 is 57.8 Å². The number of hydrogen-bond donors (Lipinski definition) is 4. The Kier molecular flexibility index (Phi) is 13.4. The topological polar surface area (TPSA) is 188 Å². The number of carboxylic acids is 2. The summed E-state index contributed by atoms with van der Waals surface area (Å²) in [5.41, 5.74) is 0. The van der Waals surface area contributed by atoms with E-state index >= 15 is 0 Å². The van der Waals surface area contributed by atoms with Gasteiger partial charge in [-0.2, -0.15) is 0 Å². The van der Waals surface area contributed by atoms with Gasteiger partial charge in [0.25, 0.3) is 11.8 Å². The molecular formula is C18H30N2O12. The number of hydrogen-bond acceptors (Lipinski definition) is 10. The number of carbonyl (C=O) groups is 4. The van der Waals surface area contributed by atoms with E-state index < -0.39 is 48.2 Å². The first-order valence-corrected chi connectivity index (χ1v) is 9.84. The van der Waals surface area contributed by atoms with Gasteiger partial charge in [0.2, 0.25) is 0 Å². The van der Waals surface area contributed by atoms with Crippen molar-refractivity contribution >= 4 is 23.8 Å². The fraction of sp³-hybridized carbons (Fsp3) is 0.778. The maximum absolute atomic E-state index is 12.0. The Bertz CT molecular complexity index is 565. The van der Waals surface area contributed by atoms with Gasteiger partial charge in [-0.25, -0.2) is 9.59 Å². The molecule has 1 aliphatic rings. The average molecular weight is 466 g/mol. The third-order valence-corrected chi connectivity index (χ3v) is 4.15. The summed E-state index contributed by atoms with van der Waals surface area (Å²) in [7, 11) is 2.66. The van der Waals surface area contributed by atoms with E-state index in [1.165, 1.54) is 14.1 Å². The van der Waals surface area contributed by atoms with Crippen LogP contribution in [0.2, 0.25) is 0 Å². The summed E-state index contributed by atoms with van der Waals surface area (Å²) in [5.74, 6) is -4.15. The zero-order valence-electron chi connectivity index (χ0n) is 17.9. The SMILES string of the molecule is CNC(=O)[C@@H]1OCCOCCO[C@@H](C(=O)O)[C@H](C(=O)NC)OCCOCCO[C@H]1C(=O)O. The average Bonchev–Trinajstić information content (AvgIpc) is 2.76. The number of likely N-dealkylation sites (N-methyl/N-ethyl adjacent to an activating group) is 2. The van der Waals surface area contributed by atoms with E-state index in [9.17, 15) is 29.4 Å². The molecule has 0 aromatic rings. The van der Waals surface area contributed by atoms with Crippen molar-refractivity contribution in [3.05, 3.63) is 0 Å². The van der Waals surface area contributed by atoms with Crippen LogP contribution >= 0.6 is 0 Å². The number of ether oxygens (including phenoxy) is 6. The minimum atomic E-state index is -1.58. The summed E-state index contributed by atoms with van der Waals surface area (Å²) in [6.07, 6.45) is -6.01. The molecule has 0 saturated carbocycles. The van der Waals surface area contributed by atoms with Crippen LogP contribution in [-0.4, -0.2) is 125 Å². The molecule has 1 heterocycles. The molecule has 1 fully saturated rings. The molecule has 2 amide bonds. The molecule has 1 aliphatic heterocycles. The van der Waals surface area contributed by atoms with Crippen LogP contribution in [0.3, 0.4) is 0 Å². The van der Waals surface area contributed by atoms with E-state index in [-0.39, 0.29) is 52.9 Å². The largest absolute Gasteiger partial charge is 0.479 e. The quantitative estimate of drug-likeness (QED) is 0.334. The molecule has 184 valence electrons. The first-order chi connectivity index (χ1) is 15.3. The van der Waals surface area contributed by atoms with E-state index in [1.807, 2.05) is 0 Å². The molecule has 1 saturated heterocycles. The Labute approximate surface area is 184 Å². The number of nitrogens with one attached hydrogen (secondary N) is 2. The van der Waals surface area contributed by atoms with Crippen molar-refractivity contribution in [2.75, 3.05) is 67.0 Å². The van der Waals surface area contributed by atoms with Crippen molar-refractivity contribution in [3.8, 4) is 0 Å². The minimum Gasteiger partial charge on any atom is -0.479 e. The van der Waals surface area contributed by atoms with Crippen LogP contribution < -0.4 is 10.6 Å². The lowest BCUT2D eigenvalue weighted by atomic mass is 10.2. The van der Waals surface area contributed by atoms with Gasteiger partial charge in [0.1, 0.15) is 0 Å². The molecule has 14 nitrogen and oxygen atoms in total. The zero-order valence-corrected chi connectivity index (χ0v) is 17.9. The third kappa shape index (κ3) is 9.42. The number of rotatable bonds is 4. The van der Waals surface area contributed by atoms with E-state index in [0.717, 1.165) is 0 Å². The van der Waals surface area contributed by atoms with Crippen molar-refractivity contribution in [1.29, 1.82) is 0 Å². The minimum absolute atomic E-state index is 0.0422.